The molecule has 1 aliphatic heterocycles. The van der Waals surface area contributed by atoms with Crippen LogP contribution in [0.1, 0.15) is 26.7 Å². The third kappa shape index (κ3) is 4.37. The van der Waals surface area contributed by atoms with E-state index in [1.54, 1.807) is 0 Å². The summed E-state index contributed by atoms with van der Waals surface area (Å²) in [6, 6.07) is -0.148. The fraction of sp³-hybridized carbons (Fsp3) is 1.00. The molecule has 0 aliphatic carbocycles. The molecule has 1 aliphatic rings. The van der Waals surface area contributed by atoms with E-state index in [-0.39, 0.29) is 18.1 Å². The van der Waals surface area contributed by atoms with Crippen LogP contribution in [0.4, 0.5) is 0 Å². The summed E-state index contributed by atoms with van der Waals surface area (Å²) in [5.41, 5.74) is 5.93. The molecule has 0 aromatic rings. The van der Waals surface area contributed by atoms with Gasteiger partial charge in [-0.15, -0.1) is 0 Å². The molecule has 0 aromatic heterocycles. The van der Waals surface area contributed by atoms with Crippen molar-refractivity contribution >= 4 is 0 Å². The number of aliphatic hydroxyl groups is 1. The van der Waals surface area contributed by atoms with Gasteiger partial charge in [0.05, 0.1) is 6.61 Å². The maximum atomic E-state index is 8.83. The van der Waals surface area contributed by atoms with Crippen LogP contribution in [0.2, 0.25) is 0 Å². The van der Waals surface area contributed by atoms with Gasteiger partial charge in [0.15, 0.2) is 0 Å². The summed E-state index contributed by atoms with van der Waals surface area (Å²) < 4.78 is 5.38. The molecule has 0 saturated carbocycles. The fourth-order valence-electron chi connectivity index (χ4n) is 2.27. The zero-order valence-electron chi connectivity index (χ0n) is 10.5. The van der Waals surface area contributed by atoms with E-state index in [0.717, 1.165) is 38.5 Å². The van der Waals surface area contributed by atoms with Gasteiger partial charge in [-0.1, -0.05) is 13.8 Å². The smallest absolute Gasteiger partial charge is 0.0594 e. The van der Waals surface area contributed by atoms with Gasteiger partial charge in [-0.05, 0) is 24.2 Å². The van der Waals surface area contributed by atoms with E-state index in [4.69, 9.17) is 15.6 Å². The lowest BCUT2D eigenvalue weighted by atomic mass is 9.74. The molecule has 0 amide bonds. The lowest BCUT2D eigenvalue weighted by Gasteiger charge is -2.37. The molecule has 4 N–H and O–H groups in total. The Labute approximate surface area is 98.5 Å². The lowest BCUT2D eigenvalue weighted by molar-refractivity contribution is 0.0227. The van der Waals surface area contributed by atoms with Gasteiger partial charge in [-0.25, -0.2) is 0 Å². The van der Waals surface area contributed by atoms with Gasteiger partial charge in [-0.2, -0.15) is 0 Å². The van der Waals surface area contributed by atoms with Crippen LogP contribution < -0.4 is 11.1 Å². The van der Waals surface area contributed by atoms with Gasteiger partial charge >= 0.3 is 0 Å². The van der Waals surface area contributed by atoms with Crippen molar-refractivity contribution in [2.75, 3.05) is 32.9 Å². The zero-order valence-corrected chi connectivity index (χ0v) is 10.5. The second-order valence-corrected chi connectivity index (χ2v) is 5.45. The molecule has 1 atom stereocenters. The van der Waals surface area contributed by atoms with Crippen LogP contribution in [0.5, 0.6) is 0 Å². The Balaban J connectivity index is 2.26. The van der Waals surface area contributed by atoms with Gasteiger partial charge in [-0.3, -0.25) is 0 Å². The van der Waals surface area contributed by atoms with E-state index in [1.165, 1.54) is 0 Å². The second-order valence-electron chi connectivity index (χ2n) is 5.45. The molecule has 0 radical (unpaired) electrons. The first-order chi connectivity index (χ1) is 7.56. The van der Waals surface area contributed by atoms with Crippen molar-refractivity contribution in [1.82, 2.24) is 5.32 Å². The molecule has 1 unspecified atom stereocenters. The summed E-state index contributed by atoms with van der Waals surface area (Å²) in [5, 5.41) is 12.2. The van der Waals surface area contributed by atoms with Crippen molar-refractivity contribution in [3.63, 3.8) is 0 Å². The number of nitrogens with two attached hydrogens (primary N) is 1. The van der Waals surface area contributed by atoms with Crippen molar-refractivity contribution in [2.24, 2.45) is 17.1 Å². The van der Waals surface area contributed by atoms with Crippen molar-refractivity contribution in [1.29, 1.82) is 0 Å². The molecule has 1 saturated heterocycles. The minimum absolute atomic E-state index is 0.0463. The molecule has 16 heavy (non-hydrogen) atoms. The molecule has 4 nitrogen and oxygen atoms in total. The van der Waals surface area contributed by atoms with E-state index in [2.05, 4.69) is 19.2 Å². The van der Waals surface area contributed by atoms with Crippen LogP contribution in [-0.4, -0.2) is 44.1 Å². The number of ether oxygens (including phenoxy) is 1. The van der Waals surface area contributed by atoms with Gasteiger partial charge in [0.25, 0.3) is 0 Å². The van der Waals surface area contributed by atoms with Crippen LogP contribution in [0.15, 0.2) is 0 Å². The van der Waals surface area contributed by atoms with Crippen LogP contribution in [0, 0.1) is 11.3 Å². The molecule has 96 valence electrons. The highest BCUT2D eigenvalue weighted by atomic mass is 16.5. The molecule has 4 heteroatoms. The molecular weight excluding hydrogens is 204 g/mol. The normalized spacial score (nSPS) is 21.0. The third-order valence-corrected chi connectivity index (χ3v) is 3.55. The minimum Gasteiger partial charge on any atom is -0.395 e. The summed E-state index contributed by atoms with van der Waals surface area (Å²) in [5.74, 6) is 0.721. The van der Waals surface area contributed by atoms with Crippen LogP contribution in [0.3, 0.4) is 0 Å². The van der Waals surface area contributed by atoms with Crippen molar-refractivity contribution in [2.45, 2.75) is 32.7 Å². The molecule has 0 spiro atoms. The Bertz CT molecular complexity index is 191. The van der Waals surface area contributed by atoms with Crippen LogP contribution in [-0.2, 0) is 4.74 Å². The third-order valence-electron chi connectivity index (χ3n) is 3.55. The average molecular weight is 230 g/mol. The van der Waals surface area contributed by atoms with Gasteiger partial charge in [0.1, 0.15) is 0 Å². The van der Waals surface area contributed by atoms with E-state index < -0.39 is 0 Å². The van der Waals surface area contributed by atoms with Gasteiger partial charge in [0, 0.05) is 32.3 Å². The van der Waals surface area contributed by atoms with E-state index >= 15 is 0 Å². The number of hydrogen-bond acceptors (Lipinski definition) is 4. The summed E-state index contributed by atoms with van der Waals surface area (Å²) in [6.07, 6.45) is 2.31. The Morgan fingerprint density at radius 2 is 2.06 bits per heavy atom. The topological polar surface area (TPSA) is 67.5 Å². The van der Waals surface area contributed by atoms with Crippen molar-refractivity contribution in [3.05, 3.63) is 0 Å². The van der Waals surface area contributed by atoms with Gasteiger partial charge < -0.3 is 20.9 Å². The molecule has 0 aromatic carbocycles. The first-order valence-corrected chi connectivity index (χ1v) is 6.21. The van der Waals surface area contributed by atoms with E-state index in [9.17, 15) is 0 Å². The monoisotopic (exact) mass is 230 g/mol. The Morgan fingerprint density at radius 1 is 1.44 bits per heavy atom. The quantitative estimate of drug-likeness (QED) is 0.616. The van der Waals surface area contributed by atoms with E-state index in [1.807, 2.05) is 0 Å². The maximum absolute atomic E-state index is 8.83. The van der Waals surface area contributed by atoms with E-state index in [0.29, 0.717) is 6.54 Å². The number of aliphatic hydroxyl groups excluding tert-OH is 1. The lowest BCUT2D eigenvalue weighted by Crippen LogP contribution is -2.43. The van der Waals surface area contributed by atoms with Gasteiger partial charge in [0.2, 0.25) is 0 Å². The first kappa shape index (κ1) is 13.9. The Hall–Kier alpha value is -0.160. The molecule has 1 rings (SSSR count). The van der Waals surface area contributed by atoms with Crippen LogP contribution >= 0.6 is 0 Å². The standard InChI is InChI=1S/C12H26N2O2/c1-12(2,9-14-7-11(13)8-15)10-3-5-16-6-4-10/h10-11,14-15H,3-9,13H2,1-2H3. The van der Waals surface area contributed by atoms with Crippen molar-refractivity contribution < 1.29 is 9.84 Å². The maximum Gasteiger partial charge on any atom is 0.0594 e. The highest BCUT2D eigenvalue weighted by Gasteiger charge is 2.30. The highest BCUT2D eigenvalue weighted by Crippen LogP contribution is 2.33. The first-order valence-electron chi connectivity index (χ1n) is 6.21. The number of hydrogen-bond donors (Lipinski definition) is 3. The second kappa shape index (κ2) is 6.55. The predicted octanol–water partition coefficient (Wildman–Crippen LogP) is 0.348. The number of rotatable bonds is 6. The summed E-state index contributed by atoms with van der Waals surface area (Å²) in [4.78, 5) is 0. The number of nitrogens with one attached hydrogen (secondary N) is 1. The molecule has 0 bridgehead atoms. The van der Waals surface area contributed by atoms with Crippen molar-refractivity contribution in [3.8, 4) is 0 Å². The largest absolute Gasteiger partial charge is 0.395 e. The average Bonchev–Trinajstić information content (AvgIpc) is 2.30. The SMILES string of the molecule is CC(C)(CNCC(N)CO)C1CCOCC1. The zero-order chi connectivity index (χ0) is 12.0. The molecule has 1 heterocycles. The Morgan fingerprint density at radius 3 is 2.62 bits per heavy atom. The highest BCUT2D eigenvalue weighted by molar-refractivity contribution is 4.82. The Kier molecular flexibility index (Phi) is 5.69. The van der Waals surface area contributed by atoms with Crippen LogP contribution in [0.25, 0.3) is 0 Å². The molecular formula is C12H26N2O2. The molecule has 1 fully saturated rings. The summed E-state index contributed by atoms with van der Waals surface area (Å²) >= 11 is 0. The summed E-state index contributed by atoms with van der Waals surface area (Å²) in [6.45, 7) is 8.05. The fourth-order valence-corrected chi connectivity index (χ4v) is 2.27. The summed E-state index contributed by atoms with van der Waals surface area (Å²) in [7, 11) is 0. The predicted molar refractivity (Wildman–Crippen MR) is 65.3 cm³/mol. The minimum atomic E-state index is -0.148.